The van der Waals surface area contributed by atoms with Crippen LogP contribution in [0.15, 0.2) is 57.9 Å². The molecule has 0 bridgehead atoms. The highest BCUT2D eigenvalue weighted by molar-refractivity contribution is 9.10. The van der Waals surface area contributed by atoms with Gasteiger partial charge in [0.15, 0.2) is 0 Å². The van der Waals surface area contributed by atoms with E-state index in [2.05, 4.69) is 45.3 Å². The van der Waals surface area contributed by atoms with Gasteiger partial charge in [-0.25, -0.2) is 4.98 Å². The Morgan fingerprint density at radius 2 is 2.00 bits per heavy atom. The summed E-state index contributed by atoms with van der Waals surface area (Å²) in [4.78, 5) is 22.5. The van der Waals surface area contributed by atoms with Crippen LogP contribution in [-0.4, -0.2) is 35.1 Å². The van der Waals surface area contributed by atoms with Gasteiger partial charge in [0.1, 0.15) is 10.0 Å². The van der Waals surface area contributed by atoms with Crippen LogP contribution < -0.4 is 5.32 Å². The number of halogens is 1. The summed E-state index contributed by atoms with van der Waals surface area (Å²) in [5.74, 6) is 0.394. The van der Waals surface area contributed by atoms with Gasteiger partial charge in [0.25, 0.3) is 0 Å². The Kier molecular flexibility index (Phi) is 6.16. The van der Waals surface area contributed by atoms with Crippen LogP contribution in [0, 0.1) is 0 Å². The molecule has 2 aromatic heterocycles. The average molecular weight is 531 g/mol. The van der Waals surface area contributed by atoms with E-state index in [0.29, 0.717) is 5.75 Å². The number of likely N-dealkylation sites (N-methyl/N-ethyl adjacent to an activating group) is 1. The van der Waals surface area contributed by atoms with E-state index in [4.69, 9.17) is 4.98 Å². The average Bonchev–Trinajstić information content (AvgIpc) is 3.33. The maximum absolute atomic E-state index is 12.8. The fraction of sp³-hybridized carbons (Fsp3) is 0.217. The van der Waals surface area contributed by atoms with Crippen LogP contribution >= 0.6 is 50.4 Å². The van der Waals surface area contributed by atoms with Gasteiger partial charge in [-0.15, -0.1) is 34.4 Å². The molecular weight excluding hydrogens is 510 g/mol. The van der Waals surface area contributed by atoms with Crippen LogP contribution in [0.2, 0.25) is 0 Å². The summed E-state index contributed by atoms with van der Waals surface area (Å²) in [6.07, 6.45) is 0.983. The molecule has 4 nitrogen and oxygen atoms in total. The second-order valence-electron chi connectivity index (χ2n) is 7.47. The van der Waals surface area contributed by atoms with Crippen LogP contribution in [0.1, 0.15) is 10.4 Å². The van der Waals surface area contributed by atoms with Gasteiger partial charge in [-0.3, -0.25) is 4.79 Å². The van der Waals surface area contributed by atoms with Crippen molar-refractivity contribution in [2.75, 3.05) is 24.7 Å². The maximum Gasteiger partial charge on any atom is 0.235 e. The number of hydrogen-bond donors (Lipinski definition) is 1. The number of hydrogen-bond acceptors (Lipinski definition) is 6. The molecule has 4 aromatic rings. The van der Waals surface area contributed by atoms with Gasteiger partial charge in [-0.1, -0.05) is 28.1 Å². The Hall–Kier alpha value is -1.71. The van der Waals surface area contributed by atoms with E-state index in [1.165, 1.54) is 15.1 Å². The zero-order valence-electron chi connectivity index (χ0n) is 16.9. The summed E-state index contributed by atoms with van der Waals surface area (Å²) >= 11 is 8.40. The van der Waals surface area contributed by atoms with Crippen LogP contribution in [0.5, 0.6) is 0 Å². The number of carbonyl (C=O) groups excluding carboxylic acids is 1. The second-order valence-corrected chi connectivity index (χ2v) is 11.6. The SMILES string of the molecule is CN1CCc2c(sc(NC(=O)CSc3ccc(Br)cc3)c2-c2nc3ccccc3s2)C1. The lowest BCUT2D eigenvalue weighted by Gasteiger charge is -2.22. The third kappa shape index (κ3) is 4.59. The van der Waals surface area contributed by atoms with Gasteiger partial charge in [-0.05, 0) is 55.4 Å². The summed E-state index contributed by atoms with van der Waals surface area (Å²) in [7, 11) is 2.15. The number of fused-ring (bicyclic) bond motifs is 2. The molecule has 158 valence electrons. The normalized spacial score (nSPS) is 14.0. The Bertz CT molecular complexity index is 1220. The molecule has 1 aliphatic rings. The van der Waals surface area contributed by atoms with E-state index in [0.717, 1.165) is 50.0 Å². The van der Waals surface area contributed by atoms with Crippen LogP contribution in [0.3, 0.4) is 0 Å². The first-order chi connectivity index (χ1) is 15.1. The van der Waals surface area contributed by atoms with Crippen molar-refractivity contribution in [3.05, 3.63) is 63.4 Å². The molecule has 1 aliphatic heterocycles. The van der Waals surface area contributed by atoms with Crippen LogP contribution in [0.25, 0.3) is 20.8 Å². The van der Waals surface area contributed by atoms with E-state index >= 15 is 0 Å². The Balaban J connectivity index is 1.43. The first-order valence-corrected chi connectivity index (χ1v) is 13.4. The summed E-state index contributed by atoms with van der Waals surface area (Å²) in [5.41, 5.74) is 3.48. The first-order valence-electron chi connectivity index (χ1n) is 9.94. The second kappa shape index (κ2) is 9.03. The number of para-hydroxylation sites is 1. The molecule has 31 heavy (non-hydrogen) atoms. The fourth-order valence-electron chi connectivity index (χ4n) is 3.67. The van der Waals surface area contributed by atoms with E-state index in [1.807, 2.05) is 36.4 Å². The summed E-state index contributed by atoms with van der Waals surface area (Å²) in [5, 5.41) is 5.14. The third-order valence-electron chi connectivity index (χ3n) is 5.19. The molecule has 0 saturated carbocycles. The largest absolute Gasteiger partial charge is 0.316 e. The Morgan fingerprint density at radius 1 is 1.19 bits per heavy atom. The number of benzene rings is 2. The van der Waals surface area contributed by atoms with Gasteiger partial charge in [-0.2, -0.15) is 0 Å². The number of amides is 1. The third-order valence-corrected chi connectivity index (χ3v) is 8.92. The quantitative estimate of drug-likeness (QED) is 0.299. The van der Waals surface area contributed by atoms with Crippen molar-refractivity contribution in [2.45, 2.75) is 17.9 Å². The van der Waals surface area contributed by atoms with Crippen molar-refractivity contribution in [1.29, 1.82) is 0 Å². The number of rotatable bonds is 5. The molecule has 3 heterocycles. The zero-order valence-corrected chi connectivity index (χ0v) is 20.9. The number of thioether (sulfide) groups is 1. The minimum atomic E-state index is 0.0160. The van der Waals surface area contributed by atoms with Gasteiger partial charge >= 0.3 is 0 Å². The van der Waals surface area contributed by atoms with Crippen LogP contribution in [0.4, 0.5) is 5.00 Å². The number of thiophene rings is 1. The topological polar surface area (TPSA) is 45.2 Å². The predicted octanol–water partition coefficient (Wildman–Crippen LogP) is 6.51. The lowest BCUT2D eigenvalue weighted by molar-refractivity contribution is -0.113. The summed E-state index contributed by atoms with van der Waals surface area (Å²) < 4.78 is 2.21. The Labute approximate surface area is 201 Å². The molecule has 8 heteroatoms. The van der Waals surface area contributed by atoms with Gasteiger partial charge in [0.05, 0.1) is 16.0 Å². The minimum Gasteiger partial charge on any atom is -0.316 e. The lowest BCUT2D eigenvalue weighted by atomic mass is 10.0. The molecule has 5 rings (SSSR count). The maximum atomic E-state index is 12.8. The highest BCUT2D eigenvalue weighted by Crippen LogP contribution is 2.45. The Morgan fingerprint density at radius 3 is 2.81 bits per heavy atom. The van der Waals surface area contributed by atoms with Crippen molar-refractivity contribution in [3.8, 4) is 10.6 Å². The predicted molar refractivity (Wildman–Crippen MR) is 136 cm³/mol. The molecule has 0 fully saturated rings. The fourth-order valence-corrected chi connectivity index (χ4v) is 7.08. The van der Waals surface area contributed by atoms with Gasteiger partial charge < -0.3 is 10.2 Å². The summed E-state index contributed by atoms with van der Waals surface area (Å²) in [6, 6.07) is 16.3. The number of aromatic nitrogens is 1. The molecule has 0 radical (unpaired) electrons. The number of thiazole rings is 1. The summed E-state index contributed by atoms with van der Waals surface area (Å²) in [6.45, 7) is 1.94. The molecular formula is C23H20BrN3OS3. The molecule has 0 spiro atoms. The highest BCUT2D eigenvalue weighted by Gasteiger charge is 2.26. The van der Waals surface area contributed by atoms with E-state index in [1.54, 1.807) is 34.4 Å². The molecule has 0 atom stereocenters. The first kappa shape index (κ1) is 21.2. The number of nitrogens with zero attached hydrogens (tertiary/aromatic N) is 2. The monoisotopic (exact) mass is 529 g/mol. The van der Waals surface area contributed by atoms with Gasteiger partial charge in [0.2, 0.25) is 5.91 Å². The van der Waals surface area contributed by atoms with Crippen molar-refractivity contribution in [2.24, 2.45) is 0 Å². The van der Waals surface area contributed by atoms with Crippen molar-refractivity contribution in [1.82, 2.24) is 9.88 Å². The molecule has 0 saturated heterocycles. The lowest BCUT2D eigenvalue weighted by Crippen LogP contribution is -2.25. The van der Waals surface area contributed by atoms with Gasteiger partial charge in [0, 0.05) is 32.9 Å². The molecule has 0 unspecified atom stereocenters. The van der Waals surface area contributed by atoms with Crippen LogP contribution in [-0.2, 0) is 17.8 Å². The van der Waals surface area contributed by atoms with Crippen molar-refractivity contribution < 1.29 is 4.79 Å². The van der Waals surface area contributed by atoms with E-state index < -0.39 is 0 Å². The van der Waals surface area contributed by atoms with E-state index in [9.17, 15) is 4.79 Å². The smallest absolute Gasteiger partial charge is 0.235 e. The van der Waals surface area contributed by atoms with Crippen molar-refractivity contribution in [3.63, 3.8) is 0 Å². The van der Waals surface area contributed by atoms with Crippen molar-refractivity contribution >= 4 is 71.5 Å². The minimum absolute atomic E-state index is 0.0160. The number of carbonyl (C=O) groups is 1. The standard InChI is InChI=1S/C23H20BrN3OS3/c1-27-11-10-16-19(12-27)31-23(21(16)22-25-17-4-2-3-5-18(17)30-22)26-20(28)13-29-15-8-6-14(24)7-9-15/h2-9H,10-13H2,1H3,(H,26,28). The number of anilines is 1. The molecule has 1 N–H and O–H groups in total. The number of nitrogens with one attached hydrogen (secondary N) is 1. The zero-order chi connectivity index (χ0) is 21.4. The molecule has 1 amide bonds. The molecule has 0 aliphatic carbocycles. The van der Waals surface area contributed by atoms with E-state index in [-0.39, 0.29) is 5.91 Å². The molecule has 2 aromatic carbocycles. The highest BCUT2D eigenvalue weighted by atomic mass is 79.9.